The van der Waals surface area contributed by atoms with Crippen LogP contribution in [-0.4, -0.2) is 30.1 Å². The molecule has 136 valence electrons. The Kier molecular flexibility index (Phi) is 5.23. The molecule has 6 nitrogen and oxygen atoms in total. The van der Waals surface area contributed by atoms with Crippen molar-refractivity contribution in [3.8, 4) is 5.75 Å². The summed E-state index contributed by atoms with van der Waals surface area (Å²) in [5.41, 5.74) is 6.24. The third kappa shape index (κ3) is 3.41. The lowest BCUT2D eigenvalue weighted by Gasteiger charge is -2.13. The molecule has 2 aromatic carbocycles. The number of aryl methyl sites for hydroxylation is 2. The second kappa shape index (κ2) is 7.58. The van der Waals surface area contributed by atoms with E-state index in [4.69, 9.17) is 9.47 Å². The average molecular weight is 353 g/mol. The number of hydrogen-bond acceptors (Lipinski definition) is 4. The first-order chi connectivity index (χ1) is 12.5. The summed E-state index contributed by atoms with van der Waals surface area (Å²) in [6.07, 6.45) is 1.66. The number of rotatable bonds is 6. The van der Waals surface area contributed by atoms with Crippen LogP contribution in [0, 0.1) is 13.8 Å². The lowest BCUT2D eigenvalue weighted by atomic mass is 10.0. The van der Waals surface area contributed by atoms with Crippen LogP contribution < -0.4 is 10.1 Å². The molecule has 2 N–H and O–H groups in total. The largest absolute Gasteiger partial charge is 0.496 e. The van der Waals surface area contributed by atoms with E-state index in [1.54, 1.807) is 20.5 Å². The molecule has 0 saturated heterocycles. The number of carbonyl (C=O) groups excluding carboxylic acids is 1. The van der Waals surface area contributed by atoms with Crippen molar-refractivity contribution in [1.29, 1.82) is 0 Å². The summed E-state index contributed by atoms with van der Waals surface area (Å²) in [5.74, 6) is 0.681. The van der Waals surface area contributed by atoms with Gasteiger partial charge in [0.25, 0.3) is 5.91 Å². The van der Waals surface area contributed by atoms with Crippen LogP contribution in [0.2, 0.25) is 0 Å². The van der Waals surface area contributed by atoms with Gasteiger partial charge in [0.2, 0.25) is 0 Å². The SMILES string of the molecule is COCc1ccc2[nH]cnc2c1CNC(=O)c1cc(C)c(OC)c(C)c1. The van der Waals surface area contributed by atoms with Crippen LogP contribution in [0.3, 0.4) is 0 Å². The summed E-state index contributed by atoms with van der Waals surface area (Å²) in [7, 11) is 3.29. The van der Waals surface area contributed by atoms with Gasteiger partial charge in [-0.25, -0.2) is 4.98 Å². The molecule has 0 radical (unpaired) electrons. The molecule has 0 aliphatic heterocycles. The fourth-order valence-corrected chi connectivity index (χ4v) is 3.27. The third-order valence-corrected chi connectivity index (χ3v) is 4.45. The molecule has 0 aliphatic carbocycles. The summed E-state index contributed by atoms with van der Waals surface area (Å²) >= 11 is 0. The summed E-state index contributed by atoms with van der Waals surface area (Å²) in [6.45, 7) is 4.71. The number of carbonyl (C=O) groups is 1. The van der Waals surface area contributed by atoms with Crippen LogP contribution >= 0.6 is 0 Å². The summed E-state index contributed by atoms with van der Waals surface area (Å²) in [6, 6.07) is 7.64. The summed E-state index contributed by atoms with van der Waals surface area (Å²) < 4.78 is 10.6. The molecule has 0 saturated carbocycles. The number of nitrogens with one attached hydrogen (secondary N) is 2. The molecule has 26 heavy (non-hydrogen) atoms. The molecule has 0 atom stereocenters. The van der Waals surface area contributed by atoms with Crippen molar-refractivity contribution in [3.63, 3.8) is 0 Å². The Morgan fingerprint density at radius 1 is 1.19 bits per heavy atom. The Morgan fingerprint density at radius 3 is 2.58 bits per heavy atom. The maximum atomic E-state index is 12.7. The molecule has 0 spiro atoms. The monoisotopic (exact) mass is 353 g/mol. The number of hydrogen-bond donors (Lipinski definition) is 2. The van der Waals surface area contributed by atoms with Crippen LogP contribution in [0.25, 0.3) is 11.0 Å². The van der Waals surface area contributed by atoms with Gasteiger partial charge in [-0.3, -0.25) is 4.79 Å². The van der Waals surface area contributed by atoms with Crippen molar-refractivity contribution in [2.24, 2.45) is 0 Å². The Morgan fingerprint density at radius 2 is 1.92 bits per heavy atom. The predicted molar refractivity (Wildman–Crippen MR) is 100 cm³/mol. The van der Waals surface area contributed by atoms with Crippen LogP contribution in [0.1, 0.15) is 32.6 Å². The molecule has 1 heterocycles. The first kappa shape index (κ1) is 17.9. The van der Waals surface area contributed by atoms with Gasteiger partial charge in [0.15, 0.2) is 0 Å². The first-order valence-electron chi connectivity index (χ1n) is 8.41. The zero-order chi connectivity index (χ0) is 18.7. The molecule has 3 aromatic rings. The van der Waals surface area contributed by atoms with Gasteiger partial charge in [0, 0.05) is 24.8 Å². The predicted octanol–water partition coefficient (Wildman–Crippen LogP) is 3.26. The van der Waals surface area contributed by atoms with E-state index < -0.39 is 0 Å². The van der Waals surface area contributed by atoms with E-state index in [0.717, 1.165) is 39.0 Å². The zero-order valence-corrected chi connectivity index (χ0v) is 15.5. The van der Waals surface area contributed by atoms with E-state index >= 15 is 0 Å². The average Bonchev–Trinajstić information content (AvgIpc) is 3.09. The smallest absolute Gasteiger partial charge is 0.251 e. The van der Waals surface area contributed by atoms with Crippen LogP contribution in [0.5, 0.6) is 5.75 Å². The van der Waals surface area contributed by atoms with Crippen LogP contribution in [0.15, 0.2) is 30.6 Å². The van der Waals surface area contributed by atoms with Gasteiger partial charge in [0.05, 0.1) is 31.1 Å². The Balaban J connectivity index is 1.85. The first-order valence-corrected chi connectivity index (χ1v) is 8.41. The summed E-state index contributed by atoms with van der Waals surface area (Å²) in [4.78, 5) is 20.1. The molecule has 0 bridgehead atoms. The van der Waals surface area contributed by atoms with Crippen molar-refractivity contribution in [3.05, 3.63) is 58.4 Å². The number of H-pyrrole nitrogens is 1. The summed E-state index contributed by atoms with van der Waals surface area (Å²) in [5, 5.41) is 3.00. The van der Waals surface area contributed by atoms with Crippen molar-refractivity contribution >= 4 is 16.9 Å². The molecular weight excluding hydrogens is 330 g/mol. The number of methoxy groups -OCH3 is 2. The van der Waals surface area contributed by atoms with Crippen LogP contribution in [0.4, 0.5) is 0 Å². The second-order valence-electron chi connectivity index (χ2n) is 6.26. The zero-order valence-electron chi connectivity index (χ0n) is 15.5. The minimum Gasteiger partial charge on any atom is -0.496 e. The third-order valence-electron chi connectivity index (χ3n) is 4.45. The minimum absolute atomic E-state index is 0.130. The molecule has 1 amide bonds. The van der Waals surface area contributed by atoms with E-state index in [1.807, 2.05) is 38.1 Å². The highest BCUT2D eigenvalue weighted by Crippen LogP contribution is 2.25. The van der Waals surface area contributed by atoms with Gasteiger partial charge in [-0.15, -0.1) is 0 Å². The standard InChI is InChI=1S/C20H23N3O3/c1-12-7-15(8-13(2)19(12)26-4)20(24)21-9-16-14(10-25-3)5-6-17-18(16)23-11-22-17/h5-8,11H,9-10H2,1-4H3,(H,21,24)(H,22,23). The molecule has 3 rings (SSSR count). The van der Waals surface area contributed by atoms with E-state index in [2.05, 4.69) is 15.3 Å². The van der Waals surface area contributed by atoms with Crippen molar-refractivity contribution in [2.45, 2.75) is 27.0 Å². The van der Waals surface area contributed by atoms with Crippen molar-refractivity contribution < 1.29 is 14.3 Å². The molecule has 1 aromatic heterocycles. The van der Waals surface area contributed by atoms with Gasteiger partial charge >= 0.3 is 0 Å². The number of aromatic nitrogens is 2. The van der Waals surface area contributed by atoms with Crippen molar-refractivity contribution in [2.75, 3.05) is 14.2 Å². The Labute approximate surface area is 152 Å². The van der Waals surface area contributed by atoms with Gasteiger partial charge in [-0.1, -0.05) is 6.07 Å². The van der Waals surface area contributed by atoms with Gasteiger partial charge < -0.3 is 19.8 Å². The van der Waals surface area contributed by atoms with Gasteiger partial charge in [0.1, 0.15) is 5.75 Å². The molecule has 0 fully saturated rings. The van der Waals surface area contributed by atoms with E-state index in [1.165, 1.54) is 0 Å². The topological polar surface area (TPSA) is 76.2 Å². The maximum Gasteiger partial charge on any atom is 0.251 e. The number of fused-ring (bicyclic) bond motifs is 1. The van der Waals surface area contributed by atoms with E-state index in [9.17, 15) is 4.79 Å². The second-order valence-corrected chi connectivity index (χ2v) is 6.26. The van der Waals surface area contributed by atoms with Gasteiger partial charge in [-0.2, -0.15) is 0 Å². The number of benzene rings is 2. The lowest BCUT2D eigenvalue weighted by Crippen LogP contribution is -2.24. The number of nitrogens with zero attached hydrogens (tertiary/aromatic N) is 1. The van der Waals surface area contributed by atoms with E-state index in [-0.39, 0.29) is 5.91 Å². The Hall–Kier alpha value is -2.86. The van der Waals surface area contributed by atoms with Crippen LogP contribution in [-0.2, 0) is 17.9 Å². The quantitative estimate of drug-likeness (QED) is 0.713. The highest BCUT2D eigenvalue weighted by Gasteiger charge is 2.14. The van der Waals surface area contributed by atoms with Crippen molar-refractivity contribution in [1.82, 2.24) is 15.3 Å². The molecule has 0 unspecified atom stereocenters. The van der Waals surface area contributed by atoms with Gasteiger partial charge in [-0.05, 0) is 48.7 Å². The number of ether oxygens (including phenoxy) is 2. The highest BCUT2D eigenvalue weighted by molar-refractivity contribution is 5.95. The Bertz CT molecular complexity index is 924. The lowest BCUT2D eigenvalue weighted by molar-refractivity contribution is 0.0950. The molecular formula is C20H23N3O3. The minimum atomic E-state index is -0.130. The number of imidazole rings is 1. The highest BCUT2D eigenvalue weighted by atomic mass is 16.5. The fourth-order valence-electron chi connectivity index (χ4n) is 3.27. The molecule has 0 aliphatic rings. The number of aromatic amines is 1. The molecule has 6 heteroatoms. The maximum absolute atomic E-state index is 12.7. The normalized spacial score (nSPS) is 10.9. The fraction of sp³-hybridized carbons (Fsp3) is 0.300. The number of amides is 1. The van der Waals surface area contributed by atoms with E-state index in [0.29, 0.717) is 18.7 Å².